The molecule has 122 valence electrons. The van der Waals surface area contributed by atoms with Crippen LogP contribution in [-0.4, -0.2) is 18.0 Å². The molecular weight excluding hydrogens is 323 g/mol. The van der Waals surface area contributed by atoms with E-state index < -0.39 is 0 Å². The predicted molar refractivity (Wildman–Crippen MR) is 93.0 cm³/mol. The van der Waals surface area contributed by atoms with Crippen molar-refractivity contribution in [3.05, 3.63) is 34.5 Å². The summed E-state index contributed by atoms with van der Waals surface area (Å²) >= 11 is 5.99. The van der Waals surface area contributed by atoms with Gasteiger partial charge in [-0.15, -0.1) is 12.4 Å². The van der Waals surface area contributed by atoms with Gasteiger partial charge in [-0.05, 0) is 38.0 Å². The second kappa shape index (κ2) is 7.36. The molecule has 0 bridgehead atoms. The lowest BCUT2D eigenvalue weighted by atomic mass is 9.92. The smallest absolute Gasteiger partial charge is 0.287 e. The minimum Gasteiger partial charge on any atom is -0.451 e. The lowest BCUT2D eigenvalue weighted by Crippen LogP contribution is -2.52. The summed E-state index contributed by atoms with van der Waals surface area (Å²) in [4.78, 5) is 12.5. The fourth-order valence-electron chi connectivity index (χ4n) is 2.47. The molecule has 2 rings (SSSR count). The van der Waals surface area contributed by atoms with Crippen LogP contribution in [0.4, 0.5) is 0 Å². The molecule has 1 heterocycles. The molecule has 0 atom stereocenters. The second-order valence-electron chi connectivity index (χ2n) is 5.34. The molecule has 0 spiro atoms. The van der Waals surface area contributed by atoms with E-state index in [1.807, 2.05) is 26.8 Å². The van der Waals surface area contributed by atoms with Crippen molar-refractivity contribution in [2.45, 2.75) is 39.2 Å². The van der Waals surface area contributed by atoms with Gasteiger partial charge in [0.15, 0.2) is 5.76 Å². The van der Waals surface area contributed by atoms with E-state index in [0.717, 1.165) is 23.8 Å². The van der Waals surface area contributed by atoms with Gasteiger partial charge in [0.05, 0.1) is 5.54 Å². The first-order chi connectivity index (χ1) is 9.96. The quantitative estimate of drug-likeness (QED) is 0.859. The number of nitrogens with two attached hydrogens (primary N) is 1. The van der Waals surface area contributed by atoms with Gasteiger partial charge in [0, 0.05) is 22.5 Å². The van der Waals surface area contributed by atoms with Crippen molar-refractivity contribution in [2.24, 2.45) is 5.73 Å². The average Bonchev–Trinajstić information content (AvgIpc) is 2.82. The number of fused-ring (bicyclic) bond motifs is 1. The van der Waals surface area contributed by atoms with E-state index >= 15 is 0 Å². The molecule has 0 aliphatic rings. The highest BCUT2D eigenvalue weighted by Crippen LogP contribution is 2.28. The summed E-state index contributed by atoms with van der Waals surface area (Å²) < 4.78 is 5.68. The van der Waals surface area contributed by atoms with E-state index in [1.54, 1.807) is 12.1 Å². The summed E-state index contributed by atoms with van der Waals surface area (Å²) in [7, 11) is 0. The van der Waals surface area contributed by atoms with Gasteiger partial charge in [0.25, 0.3) is 5.91 Å². The monoisotopic (exact) mass is 344 g/mol. The Balaban J connectivity index is 0.00000242. The highest BCUT2D eigenvalue weighted by atomic mass is 35.5. The van der Waals surface area contributed by atoms with E-state index in [0.29, 0.717) is 22.9 Å². The maximum atomic E-state index is 12.5. The Morgan fingerprint density at radius 1 is 1.36 bits per heavy atom. The third-order valence-electron chi connectivity index (χ3n) is 4.23. The zero-order valence-electron chi connectivity index (χ0n) is 13.0. The number of furan rings is 1. The molecule has 1 amide bonds. The van der Waals surface area contributed by atoms with Gasteiger partial charge in [0.1, 0.15) is 5.58 Å². The molecule has 22 heavy (non-hydrogen) atoms. The molecule has 3 N–H and O–H groups in total. The first-order valence-electron chi connectivity index (χ1n) is 7.17. The molecule has 0 saturated carbocycles. The normalized spacial score (nSPS) is 11.3. The summed E-state index contributed by atoms with van der Waals surface area (Å²) in [5, 5.41) is 4.50. The maximum Gasteiger partial charge on any atom is 0.287 e. The molecule has 0 radical (unpaired) electrons. The molecule has 0 aliphatic carbocycles. The van der Waals surface area contributed by atoms with Gasteiger partial charge in [-0.25, -0.2) is 0 Å². The Morgan fingerprint density at radius 2 is 2.00 bits per heavy atom. The van der Waals surface area contributed by atoms with Crippen LogP contribution in [0.25, 0.3) is 11.0 Å². The van der Waals surface area contributed by atoms with Crippen LogP contribution in [0.1, 0.15) is 42.8 Å². The summed E-state index contributed by atoms with van der Waals surface area (Å²) in [6, 6.07) is 5.33. The number of amides is 1. The van der Waals surface area contributed by atoms with E-state index in [2.05, 4.69) is 5.32 Å². The van der Waals surface area contributed by atoms with Gasteiger partial charge in [-0.3, -0.25) is 4.79 Å². The van der Waals surface area contributed by atoms with E-state index in [1.165, 1.54) is 0 Å². The molecule has 6 heteroatoms. The molecular formula is C16H22Cl2N2O2. The van der Waals surface area contributed by atoms with Crippen molar-refractivity contribution in [3.63, 3.8) is 0 Å². The number of hydrogen-bond acceptors (Lipinski definition) is 3. The zero-order chi connectivity index (χ0) is 15.6. The molecule has 0 aliphatic heterocycles. The molecule has 1 aromatic carbocycles. The van der Waals surface area contributed by atoms with Gasteiger partial charge < -0.3 is 15.5 Å². The van der Waals surface area contributed by atoms with E-state index in [-0.39, 0.29) is 23.9 Å². The molecule has 2 aromatic rings. The number of nitrogens with one attached hydrogen (secondary N) is 1. The fourth-order valence-corrected chi connectivity index (χ4v) is 2.65. The van der Waals surface area contributed by atoms with Crippen molar-refractivity contribution in [1.82, 2.24) is 5.32 Å². The maximum absolute atomic E-state index is 12.5. The number of benzene rings is 1. The van der Waals surface area contributed by atoms with Crippen LogP contribution in [0, 0.1) is 6.92 Å². The zero-order valence-corrected chi connectivity index (χ0v) is 14.6. The van der Waals surface area contributed by atoms with Crippen LogP contribution < -0.4 is 11.1 Å². The lowest BCUT2D eigenvalue weighted by molar-refractivity contribution is 0.0868. The number of halogens is 2. The molecule has 4 nitrogen and oxygen atoms in total. The van der Waals surface area contributed by atoms with Crippen LogP contribution in [0.2, 0.25) is 5.02 Å². The third-order valence-corrected chi connectivity index (χ3v) is 4.46. The van der Waals surface area contributed by atoms with Crippen LogP contribution in [-0.2, 0) is 0 Å². The highest BCUT2D eigenvalue weighted by molar-refractivity contribution is 6.31. The van der Waals surface area contributed by atoms with E-state index in [4.69, 9.17) is 21.8 Å². The number of hydrogen-bond donors (Lipinski definition) is 2. The minimum atomic E-state index is -0.389. The third kappa shape index (κ3) is 3.40. The molecule has 0 fully saturated rings. The number of aryl methyl sites for hydroxylation is 1. The Hall–Kier alpha value is -1.23. The van der Waals surface area contributed by atoms with Crippen LogP contribution >= 0.6 is 24.0 Å². The lowest BCUT2D eigenvalue weighted by Gasteiger charge is -2.31. The van der Waals surface area contributed by atoms with Crippen LogP contribution in [0.15, 0.2) is 22.6 Å². The first-order valence-corrected chi connectivity index (χ1v) is 7.55. The second-order valence-corrected chi connectivity index (χ2v) is 5.78. The molecule has 0 saturated heterocycles. The van der Waals surface area contributed by atoms with Gasteiger partial charge in [0.2, 0.25) is 0 Å². The van der Waals surface area contributed by atoms with Crippen LogP contribution in [0.3, 0.4) is 0 Å². The first kappa shape index (κ1) is 18.8. The largest absolute Gasteiger partial charge is 0.451 e. The molecule has 1 aromatic heterocycles. The van der Waals surface area contributed by atoms with Crippen molar-refractivity contribution in [2.75, 3.05) is 6.54 Å². The number of carbonyl (C=O) groups excluding carboxylic acids is 1. The van der Waals surface area contributed by atoms with Crippen molar-refractivity contribution < 1.29 is 9.21 Å². The SMILES string of the molecule is CCC(CC)(CN)NC(=O)c1oc2ccc(Cl)cc2c1C.Cl. The fraction of sp³-hybridized carbons (Fsp3) is 0.438. The summed E-state index contributed by atoms with van der Waals surface area (Å²) in [5.74, 6) is 0.0981. The number of carbonyl (C=O) groups is 1. The summed E-state index contributed by atoms with van der Waals surface area (Å²) in [5.41, 5.74) is 6.89. The Bertz CT molecular complexity index is 655. The topological polar surface area (TPSA) is 68.3 Å². The predicted octanol–water partition coefficient (Wildman–Crippen LogP) is 4.06. The van der Waals surface area contributed by atoms with Gasteiger partial charge >= 0.3 is 0 Å². The average molecular weight is 345 g/mol. The van der Waals surface area contributed by atoms with Gasteiger partial charge in [-0.2, -0.15) is 0 Å². The minimum absolute atomic E-state index is 0. The highest BCUT2D eigenvalue weighted by Gasteiger charge is 2.29. The van der Waals surface area contributed by atoms with Crippen molar-refractivity contribution in [3.8, 4) is 0 Å². The Morgan fingerprint density at radius 3 is 2.55 bits per heavy atom. The Labute approximate surface area is 141 Å². The van der Waals surface area contributed by atoms with Crippen LogP contribution in [0.5, 0.6) is 0 Å². The Kier molecular flexibility index (Phi) is 6.29. The van der Waals surface area contributed by atoms with Gasteiger partial charge in [-0.1, -0.05) is 25.4 Å². The number of rotatable bonds is 5. The summed E-state index contributed by atoms with van der Waals surface area (Å²) in [6.45, 7) is 6.29. The van der Waals surface area contributed by atoms with E-state index in [9.17, 15) is 4.79 Å². The molecule has 0 unspecified atom stereocenters. The van der Waals surface area contributed by atoms with Crippen molar-refractivity contribution >= 4 is 40.9 Å². The van der Waals surface area contributed by atoms with Crippen molar-refractivity contribution in [1.29, 1.82) is 0 Å². The summed E-state index contributed by atoms with van der Waals surface area (Å²) in [6.07, 6.45) is 1.55. The standard InChI is InChI=1S/C16H21ClN2O2.ClH/c1-4-16(5-2,9-18)19-15(20)14-10(3)12-8-11(17)6-7-13(12)21-14;/h6-8H,4-5,9,18H2,1-3H3,(H,19,20);1H.